The van der Waals surface area contributed by atoms with Crippen molar-refractivity contribution < 1.29 is 4.79 Å². The summed E-state index contributed by atoms with van der Waals surface area (Å²) >= 11 is 3.40. The van der Waals surface area contributed by atoms with Crippen molar-refractivity contribution in [2.24, 2.45) is 0 Å². The zero-order valence-corrected chi connectivity index (χ0v) is 13.7. The van der Waals surface area contributed by atoms with Crippen LogP contribution in [0.3, 0.4) is 0 Å². The number of halogens is 1. The number of hydrogen-bond acceptors (Lipinski definition) is 3. The predicted molar refractivity (Wildman–Crippen MR) is 88.3 cm³/mol. The van der Waals surface area contributed by atoms with Crippen molar-refractivity contribution in [2.45, 2.75) is 19.9 Å². The third-order valence-corrected chi connectivity index (χ3v) is 3.90. The minimum Gasteiger partial charge on any atom is -0.299 e. The molecule has 0 N–H and O–H groups in total. The number of carbonyl (C=O) groups is 1. The molecule has 21 heavy (non-hydrogen) atoms. The minimum atomic E-state index is 0.185. The lowest BCUT2D eigenvalue weighted by Crippen LogP contribution is -2.25. The molecule has 0 unspecified atom stereocenters. The summed E-state index contributed by atoms with van der Waals surface area (Å²) in [6, 6.07) is 11.6. The van der Waals surface area contributed by atoms with Crippen molar-refractivity contribution in [1.82, 2.24) is 9.88 Å². The zero-order valence-electron chi connectivity index (χ0n) is 12.1. The molecule has 110 valence electrons. The average Bonchev–Trinajstić information content (AvgIpc) is 2.52. The van der Waals surface area contributed by atoms with Crippen LogP contribution in [0.5, 0.6) is 0 Å². The van der Waals surface area contributed by atoms with Crippen molar-refractivity contribution in [3.8, 4) is 0 Å². The molecule has 0 aliphatic carbocycles. The van der Waals surface area contributed by atoms with E-state index in [-0.39, 0.29) is 5.78 Å². The first kappa shape index (κ1) is 15.9. The SMILES string of the molecule is CCN(CCC(=O)c1cccc(Br)c1)Cc1ccncc1. The van der Waals surface area contributed by atoms with Gasteiger partial charge in [0.15, 0.2) is 5.78 Å². The highest BCUT2D eigenvalue weighted by Gasteiger charge is 2.10. The lowest BCUT2D eigenvalue weighted by Gasteiger charge is -2.20. The van der Waals surface area contributed by atoms with Gasteiger partial charge in [0.25, 0.3) is 0 Å². The monoisotopic (exact) mass is 346 g/mol. The summed E-state index contributed by atoms with van der Waals surface area (Å²) < 4.78 is 0.942. The molecule has 1 heterocycles. The molecule has 0 fully saturated rings. The van der Waals surface area contributed by atoms with E-state index in [0.717, 1.165) is 29.7 Å². The Hall–Kier alpha value is -1.52. The van der Waals surface area contributed by atoms with E-state index in [9.17, 15) is 4.79 Å². The molecule has 0 saturated carbocycles. The largest absolute Gasteiger partial charge is 0.299 e. The van der Waals surface area contributed by atoms with Crippen LogP contribution >= 0.6 is 15.9 Å². The van der Waals surface area contributed by atoms with E-state index in [4.69, 9.17) is 0 Å². The summed E-state index contributed by atoms with van der Waals surface area (Å²) in [6.45, 7) is 4.66. The van der Waals surface area contributed by atoms with E-state index in [1.165, 1.54) is 5.56 Å². The van der Waals surface area contributed by atoms with Crippen LogP contribution in [0, 0.1) is 0 Å². The van der Waals surface area contributed by atoms with Gasteiger partial charge < -0.3 is 0 Å². The van der Waals surface area contributed by atoms with Crippen LogP contribution in [-0.4, -0.2) is 28.8 Å². The van der Waals surface area contributed by atoms with Crippen LogP contribution in [0.4, 0.5) is 0 Å². The van der Waals surface area contributed by atoms with Gasteiger partial charge in [-0.15, -0.1) is 0 Å². The molecule has 0 aliphatic heterocycles. The Balaban J connectivity index is 1.89. The van der Waals surface area contributed by atoms with Crippen LogP contribution in [0.2, 0.25) is 0 Å². The summed E-state index contributed by atoms with van der Waals surface area (Å²) in [4.78, 5) is 18.5. The van der Waals surface area contributed by atoms with Crippen LogP contribution in [0.15, 0.2) is 53.3 Å². The number of rotatable bonds is 7. The summed E-state index contributed by atoms with van der Waals surface area (Å²) in [5, 5.41) is 0. The topological polar surface area (TPSA) is 33.2 Å². The summed E-state index contributed by atoms with van der Waals surface area (Å²) in [5.41, 5.74) is 1.99. The van der Waals surface area contributed by atoms with E-state index in [1.807, 2.05) is 36.4 Å². The number of nitrogens with zero attached hydrogens (tertiary/aromatic N) is 2. The molecule has 3 nitrogen and oxygen atoms in total. The standard InChI is InChI=1S/C17H19BrN2O/c1-2-20(13-14-6-9-19-10-7-14)11-8-17(21)15-4-3-5-16(18)12-15/h3-7,9-10,12H,2,8,11,13H2,1H3. The van der Waals surface area contributed by atoms with Gasteiger partial charge in [0.1, 0.15) is 0 Å². The van der Waals surface area contributed by atoms with E-state index in [1.54, 1.807) is 12.4 Å². The zero-order chi connectivity index (χ0) is 15.1. The van der Waals surface area contributed by atoms with E-state index in [2.05, 4.69) is 32.7 Å². The molecule has 0 atom stereocenters. The third-order valence-electron chi connectivity index (χ3n) is 3.40. The first-order valence-electron chi connectivity index (χ1n) is 7.09. The van der Waals surface area contributed by atoms with Gasteiger partial charge in [-0.1, -0.05) is 35.0 Å². The number of carbonyl (C=O) groups excluding carboxylic acids is 1. The Morgan fingerprint density at radius 3 is 2.67 bits per heavy atom. The number of ketones is 1. The number of hydrogen-bond donors (Lipinski definition) is 0. The van der Waals surface area contributed by atoms with E-state index < -0.39 is 0 Å². The number of aromatic nitrogens is 1. The minimum absolute atomic E-state index is 0.185. The maximum Gasteiger partial charge on any atom is 0.164 e. The molecule has 0 aliphatic rings. The Kier molecular flexibility index (Phi) is 6.08. The highest BCUT2D eigenvalue weighted by Crippen LogP contribution is 2.13. The molecule has 1 aromatic carbocycles. The second-order valence-electron chi connectivity index (χ2n) is 4.91. The van der Waals surface area contributed by atoms with Gasteiger partial charge in [0.2, 0.25) is 0 Å². The van der Waals surface area contributed by atoms with Crippen molar-refractivity contribution in [2.75, 3.05) is 13.1 Å². The molecule has 0 radical (unpaired) electrons. The number of benzene rings is 1. The van der Waals surface area contributed by atoms with Crippen LogP contribution in [0.25, 0.3) is 0 Å². The highest BCUT2D eigenvalue weighted by molar-refractivity contribution is 9.10. The second kappa shape index (κ2) is 8.05. The van der Waals surface area contributed by atoms with E-state index >= 15 is 0 Å². The Bertz CT molecular complexity index is 586. The molecule has 0 amide bonds. The first-order chi connectivity index (χ1) is 10.2. The molecule has 0 spiro atoms. The van der Waals surface area contributed by atoms with Gasteiger partial charge in [-0.25, -0.2) is 0 Å². The van der Waals surface area contributed by atoms with Crippen molar-refractivity contribution >= 4 is 21.7 Å². The van der Waals surface area contributed by atoms with Gasteiger partial charge in [-0.2, -0.15) is 0 Å². The fraction of sp³-hybridized carbons (Fsp3) is 0.294. The maximum absolute atomic E-state index is 12.2. The molecule has 2 rings (SSSR count). The number of pyridine rings is 1. The van der Waals surface area contributed by atoms with Gasteiger partial charge in [-0.3, -0.25) is 14.7 Å². The molecule has 0 saturated heterocycles. The Morgan fingerprint density at radius 1 is 1.24 bits per heavy atom. The van der Waals surface area contributed by atoms with E-state index in [0.29, 0.717) is 6.42 Å². The first-order valence-corrected chi connectivity index (χ1v) is 7.88. The summed E-state index contributed by atoms with van der Waals surface area (Å²) in [6.07, 6.45) is 4.14. The third kappa shape index (κ3) is 5.06. The van der Waals surface area contributed by atoms with Gasteiger partial charge in [0, 0.05) is 41.9 Å². The van der Waals surface area contributed by atoms with Gasteiger partial charge in [0.05, 0.1) is 0 Å². The molecular weight excluding hydrogens is 328 g/mol. The van der Waals surface area contributed by atoms with Crippen LogP contribution in [-0.2, 0) is 6.54 Å². The lowest BCUT2D eigenvalue weighted by atomic mass is 10.1. The molecule has 4 heteroatoms. The number of Topliss-reactive ketones (excluding diaryl/α,β-unsaturated/α-hetero) is 1. The second-order valence-corrected chi connectivity index (χ2v) is 5.82. The Morgan fingerprint density at radius 2 is 2.00 bits per heavy atom. The van der Waals surface area contributed by atoms with Crippen molar-refractivity contribution in [3.05, 3.63) is 64.4 Å². The fourth-order valence-corrected chi connectivity index (χ4v) is 2.56. The molecular formula is C17H19BrN2O. The predicted octanol–water partition coefficient (Wildman–Crippen LogP) is 3.94. The summed E-state index contributed by atoms with van der Waals surface area (Å²) in [5.74, 6) is 0.185. The molecule has 0 bridgehead atoms. The average molecular weight is 347 g/mol. The van der Waals surface area contributed by atoms with Crippen LogP contribution < -0.4 is 0 Å². The quantitative estimate of drug-likeness (QED) is 0.712. The maximum atomic E-state index is 12.2. The lowest BCUT2D eigenvalue weighted by molar-refractivity contribution is 0.0963. The van der Waals surface area contributed by atoms with Gasteiger partial charge in [-0.05, 0) is 36.4 Å². The van der Waals surface area contributed by atoms with Crippen molar-refractivity contribution in [3.63, 3.8) is 0 Å². The fourth-order valence-electron chi connectivity index (χ4n) is 2.16. The normalized spacial score (nSPS) is 10.8. The highest BCUT2D eigenvalue weighted by atomic mass is 79.9. The summed E-state index contributed by atoms with van der Waals surface area (Å²) in [7, 11) is 0. The Labute approximate surface area is 134 Å². The van der Waals surface area contributed by atoms with Crippen molar-refractivity contribution in [1.29, 1.82) is 0 Å². The molecule has 2 aromatic rings. The van der Waals surface area contributed by atoms with Crippen LogP contribution in [0.1, 0.15) is 29.3 Å². The molecule has 1 aromatic heterocycles. The smallest absolute Gasteiger partial charge is 0.164 e. The van der Waals surface area contributed by atoms with Gasteiger partial charge >= 0.3 is 0 Å².